The Bertz CT molecular complexity index is 781. The SMILES string of the molecule is C[C@H]1[C@@H]2OP(=O)(O)OC[C@H]2O[C@H]1c1cnc2c(N)ncnn12. The van der Waals surface area contributed by atoms with Crippen molar-refractivity contribution in [3.8, 4) is 0 Å². The molecule has 4 heterocycles. The third-order valence-electron chi connectivity index (χ3n) is 3.99. The second-order valence-electron chi connectivity index (χ2n) is 5.35. The normalized spacial score (nSPS) is 38.3. The Morgan fingerprint density at radius 2 is 2.32 bits per heavy atom. The van der Waals surface area contributed by atoms with E-state index in [0.29, 0.717) is 11.3 Å². The maximum absolute atomic E-state index is 11.6. The zero-order valence-corrected chi connectivity index (χ0v) is 12.5. The molecule has 10 nitrogen and oxygen atoms in total. The van der Waals surface area contributed by atoms with Gasteiger partial charge in [-0.2, -0.15) is 5.10 Å². The summed E-state index contributed by atoms with van der Waals surface area (Å²) in [7, 11) is -4.00. The van der Waals surface area contributed by atoms with E-state index in [-0.39, 0.29) is 18.3 Å². The van der Waals surface area contributed by atoms with E-state index in [4.69, 9.17) is 19.5 Å². The van der Waals surface area contributed by atoms with Crippen LogP contribution in [0.4, 0.5) is 5.82 Å². The number of rotatable bonds is 1. The van der Waals surface area contributed by atoms with Crippen LogP contribution in [-0.4, -0.2) is 43.3 Å². The molecule has 0 amide bonds. The summed E-state index contributed by atoms with van der Waals surface area (Å²) < 4.78 is 29.0. The van der Waals surface area contributed by atoms with Crippen LogP contribution in [0.1, 0.15) is 18.7 Å². The van der Waals surface area contributed by atoms with Gasteiger partial charge in [0.05, 0.1) is 18.5 Å². The molecule has 4 rings (SSSR count). The first kappa shape index (κ1) is 14.0. The van der Waals surface area contributed by atoms with Crippen LogP contribution >= 0.6 is 7.82 Å². The largest absolute Gasteiger partial charge is 0.472 e. The zero-order chi connectivity index (χ0) is 15.5. The smallest absolute Gasteiger partial charge is 0.381 e. The van der Waals surface area contributed by atoms with Crippen molar-refractivity contribution in [3.05, 3.63) is 18.2 Å². The van der Waals surface area contributed by atoms with Gasteiger partial charge in [-0.3, -0.25) is 9.05 Å². The first-order valence-corrected chi connectivity index (χ1v) is 8.21. The number of imidazole rings is 1. The molecule has 1 unspecified atom stereocenters. The Morgan fingerprint density at radius 3 is 3.14 bits per heavy atom. The molecule has 0 bridgehead atoms. The number of fused-ring (bicyclic) bond motifs is 2. The summed E-state index contributed by atoms with van der Waals surface area (Å²) in [5, 5.41) is 4.13. The average Bonchev–Trinajstić information content (AvgIpc) is 3.01. The fourth-order valence-corrected chi connectivity index (χ4v) is 3.97. The molecule has 0 spiro atoms. The predicted octanol–water partition coefficient (Wildman–Crippen LogP) is 0.298. The van der Waals surface area contributed by atoms with E-state index in [2.05, 4.69) is 15.1 Å². The van der Waals surface area contributed by atoms with Gasteiger partial charge in [-0.25, -0.2) is 19.0 Å². The van der Waals surface area contributed by atoms with Gasteiger partial charge in [-0.1, -0.05) is 6.92 Å². The van der Waals surface area contributed by atoms with Gasteiger partial charge in [0.15, 0.2) is 11.5 Å². The number of nitrogens with two attached hydrogens (primary N) is 1. The van der Waals surface area contributed by atoms with Gasteiger partial charge in [0, 0.05) is 5.92 Å². The number of aromatic nitrogens is 4. The molecular weight excluding hydrogens is 313 g/mol. The molecule has 11 heteroatoms. The minimum absolute atomic E-state index is 0.00709. The summed E-state index contributed by atoms with van der Waals surface area (Å²) in [6, 6.07) is 0. The lowest BCUT2D eigenvalue weighted by Gasteiger charge is -2.28. The van der Waals surface area contributed by atoms with Crippen molar-refractivity contribution in [2.24, 2.45) is 5.92 Å². The van der Waals surface area contributed by atoms with Crippen LogP contribution in [0.3, 0.4) is 0 Å². The van der Waals surface area contributed by atoms with Crippen molar-refractivity contribution >= 4 is 19.3 Å². The molecular formula is C11H14N5O5P. The second kappa shape index (κ2) is 4.71. The molecule has 2 aromatic rings. The summed E-state index contributed by atoms with van der Waals surface area (Å²) in [6.07, 6.45) is 1.60. The van der Waals surface area contributed by atoms with Crippen LogP contribution in [0, 0.1) is 5.92 Å². The van der Waals surface area contributed by atoms with E-state index in [9.17, 15) is 9.46 Å². The Balaban J connectivity index is 1.71. The first-order chi connectivity index (χ1) is 10.5. The summed E-state index contributed by atoms with van der Waals surface area (Å²) in [5.41, 5.74) is 6.89. The van der Waals surface area contributed by atoms with E-state index in [1.54, 1.807) is 10.7 Å². The number of phosphoric ester groups is 1. The van der Waals surface area contributed by atoms with Gasteiger partial charge in [-0.15, -0.1) is 0 Å². The molecule has 3 N–H and O–H groups in total. The molecule has 0 aliphatic carbocycles. The quantitative estimate of drug-likeness (QED) is 0.709. The number of ether oxygens (including phenoxy) is 1. The molecule has 118 valence electrons. The number of phosphoric acid groups is 1. The van der Waals surface area contributed by atoms with Crippen molar-refractivity contribution < 1.29 is 23.2 Å². The molecule has 2 saturated heterocycles. The Morgan fingerprint density at radius 1 is 1.50 bits per heavy atom. The zero-order valence-electron chi connectivity index (χ0n) is 11.6. The van der Waals surface area contributed by atoms with Crippen molar-refractivity contribution in [2.45, 2.75) is 25.2 Å². The lowest BCUT2D eigenvalue weighted by molar-refractivity contribution is -0.0539. The highest BCUT2D eigenvalue weighted by atomic mass is 31.2. The Labute approximate surface area is 124 Å². The highest BCUT2D eigenvalue weighted by Crippen LogP contribution is 2.54. The standard InChI is InChI=1S/C11H14N5O5P/c1-5-8(20-7-3-19-22(17,18)21-9(5)7)6-2-13-11-10(12)14-4-15-16(6)11/h2,4-5,7-9H,3H2,1H3,(H,17,18)(H2,12,14,15)/t5-,7-,8-,9+/m1/s1. The fraction of sp³-hybridized carbons (Fsp3) is 0.545. The fourth-order valence-electron chi connectivity index (χ4n) is 2.94. The number of anilines is 1. The first-order valence-electron chi connectivity index (χ1n) is 6.71. The summed E-state index contributed by atoms with van der Waals surface area (Å²) in [6.45, 7) is 1.89. The Hall–Kier alpha value is -1.58. The highest BCUT2D eigenvalue weighted by molar-refractivity contribution is 7.47. The van der Waals surface area contributed by atoms with Gasteiger partial charge in [0.2, 0.25) is 0 Å². The molecule has 2 fully saturated rings. The van der Waals surface area contributed by atoms with Gasteiger partial charge in [0.1, 0.15) is 24.6 Å². The summed E-state index contributed by atoms with van der Waals surface area (Å²) >= 11 is 0. The molecule has 0 aromatic carbocycles. The molecule has 2 aromatic heterocycles. The summed E-state index contributed by atoms with van der Waals surface area (Å²) in [4.78, 5) is 17.6. The van der Waals surface area contributed by atoms with Crippen molar-refractivity contribution in [3.63, 3.8) is 0 Å². The van der Waals surface area contributed by atoms with E-state index in [1.807, 2.05) is 6.92 Å². The van der Waals surface area contributed by atoms with Crippen LogP contribution in [0.5, 0.6) is 0 Å². The van der Waals surface area contributed by atoms with Crippen LogP contribution in [0.2, 0.25) is 0 Å². The van der Waals surface area contributed by atoms with E-state index >= 15 is 0 Å². The molecule has 5 atom stereocenters. The third kappa shape index (κ3) is 2.03. The second-order valence-corrected chi connectivity index (χ2v) is 6.76. The van der Waals surface area contributed by atoms with Crippen molar-refractivity contribution in [1.82, 2.24) is 19.6 Å². The monoisotopic (exact) mass is 327 g/mol. The molecule has 0 radical (unpaired) electrons. The van der Waals surface area contributed by atoms with Crippen molar-refractivity contribution in [1.29, 1.82) is 0 Å². The molecule has 2 aliphatic rings. The van der Waals surface area contributed by atoms with Gasteiger partial charge in [0.25, 0.3) is 0 Å². The average molecular weight is 327 g/mol. The van der Waals surface area contributed by atoms with Gasteiger partial charge in [-0.05, 0) is 0 Å². The number of nitrogens with zero attached hydrogens (tertiary/aromatic N) is 4. The Kier molecular flexibility index (Phi) is 3.00. The van der Waals surface area contributed by atoms with E-state index in [0.717, 1.165) is 0 Å². The maximum atomic E-state index is 11.6. The lowest BCUT2D eigenvalue weighted by atomic mass is 9.97. The van der Waals surface area contributed by atoms with Crippen LogP contribution in [0.25, 0.3) is 5.65 Å². The van der Waals surface area contributed by atoms with Crippen LogP contribution < -0.4 is 5.73 Å². The number of hydrogen-bond acceptors (Lipinski definition) is 8. The highest BCUT2D eigenvalue weighted by Gasteiger charge is 2.51. The van der Waals surface area contributed by atoms with Gasteiger partial charge >= 0.3 is 7.82 Å². The van der Waals surface area contributed by atoms with Crippen LogP contribution in [-0.2, 0) is 18.3 Å². The van der Waals surface area contributed by atoms with Crippen LogP contribution in [0.15, 0.2) is 12.5 Å². The van der Waals surface area contributed by atoms with Gasteiger partial charge < -0.3 is 15.4 Å². The number of nitrogen functional groups attached to an aromatic ring is 1. The third-order valence-corrected chi connectivity index (χ3v) is 4.97. The molecule has 0 saturated carbocycles. The molecule has 22 heavy (non-hydrogen) atoms. The van der Waals surface area contributed by atoms with E-state index < -0.39 is 26.1 Å². The van der Waals surface area contributed by atoms with Crippen molar-refractivity contribution in [2.75, 3.05) is 12.3 Å². The molecule has 2 aliphatic heterocycles. The topological polar surface area (TPSA) is 134 Å². The number of hydrogen-bond donors (Lipinski definition) is 2. The maximum Gasteiger partial charge on any atom is 0.472 e. The van der Waals surface area contributed by atoms with E-state index in [1.165, 1.54) is 6.33 Å². The lowest BCUT2D eigenvalue weighted by Crippen LogP contribution is -2.35. The predicted molar refractivity (Wildman–Crippen MR) is 72.6 cm³/mol. The summed E-state index contributed by atoms with van der Waals surface area (Å²) in [5.74, 6) is 0.0919. The minimum Gasteiger partial charge on any atom is -0.381 e. The minimum atomic E-state index is -4.00.